The van der Waals surface area contributed by atoms with Gasteiger partial charge in [-0.15, -0.1) is 11.3 Å². The first-order valence-electron chi connectivity index (χ1n) is 5.71. The van der Waals surface area contributed by atoms with E-state index in [1.165, 1.54) is 11.3 Å². The predicted octanol–water partition coefficient (Wildman–Crippen LogP) is 2.75. The molecule has 0 spiro atoms. The van der Waals surface area contributed by atoms with Crippen LogP contribution in [0.1, 0.15) is 6.42 Å². The smallest absolute Gasteiger partial charge is 0.251 e. The molecule has 0 atom stereocenters. The first kappa shape index (κ1) is 14.0. The van der Waals surface area contributed by atoms with Crippen LogP contribution in [0, 0.1) is 0 Å². The molecule has 1 amide bonds. The zero-order valence-corrected chi connectivity index (χ0v) is 12.8. The molecule has 1 heterocycles. The van der Waals surface area contributed by atoms with Crippen molar-refractivity contribution in [1.29, 1.82) is 0 Å². The van der Waals surface area contributed by atoms with Crippen molar-refractivity contribution in [3.8, 4) is 5.75 Å². The van der Waals surface area contributed by atoms with E-state index < -0.39 is 0 Å². The van der Waals surface area contributed by atoms with Gasteiger partial charge >= 0.3 is 0 Å². The van der Waals surface area contributed by atoms with E-state index in [1.807, 2.05) is 47.5 Å². The van der Waals surface area contributed by atoms with E-state index in [9.17, 15) is 4.79 Å². The Morgan fingerprint density at radius 2 is 2.37 bits per heavy atom. The highest BCUT2D eigenvalue weighted by Crippen LogP contribution is 2.17. The van der Waals surface area contributed by atoms with Crippen LogP contribution in [0.2, 0.25) is 0 Å². The molecule has 0 aliphatic carbocycles. The van der Waals surface area contributed by atoms with Crippen LogP contribution in [0.25, 0.3) is 0 Å². The van der Waals surface area contributed by atoms with Crippen LogP contribution >= 0.6 is 27.3 Å². The van der Waals surface area contributed by atoms with Crippen LogP contribution in [0.15, 0.2) is 45.3 Å². The number of nitrogens with zero attached hydrogens (tertiary/aromatic N) is 2. The van der Waals surface area contributed by atoms with Gasteiger partial charge in [0.25, 0.3) is 5.91 Å². The topological polar surface area (TPSA) is 43.6 Å². The molecule has 0 fully saturated rings. The Morgan fingerprint density at radius 1 is 1.53 bits per heavy atom. The average molecular weight is 341 g/mol. The van der Waals surface area contributed by atoms with E-state index in [2.05, 4.69) is 20.9 Å². The number of thiazole rings is 1. The normalized spacial score (nSPS) is 11.6. The van der Waals surface area contributed by atoms with Gasteiger partial charge in [-0.1, -0.05) is 22.0 Å². The van der Waals surface area contributed by atoms with Crippen molar-refractivity contribution < 1.29 is 9.53 Å². The van der Waals surface area contributed by atoms with E-state index in [0.717, 1.165) is 10.2 Å². The lowest BCUT2D eigenvalue weighted by molar-refractivity contribution is -0.118. The predicted molar refractivity (Wildman–Crippen MR) is 78.1 cm³/mol. The molecule has 19 heavy (non-hydrogen) atoms. The van der Waals surface area contributed by atoms with Crippen LogP contribution in [-0.2, 0) is 11.8 Å². The van der Waals surface area contributed by atoms with Gasteiger partial charge in [-0.2, -0.15) is 4.99 Å². The van der Waals surface area contributed by atoms with Crippen LogP contribution in [-0.4, -0.2) is 17.1 Å². The highest BCUT2D eigenvalue weighted by Gasteiger charge is 2.01. The molecule has 6 heteroatoms. The van der Waals surface area contributed by atoms with Gasteiger partial charge < -0.3 is 9.30 Å². The SMILES string of the molecule is Cn1ccsc1=NC(=O)CCOc1cccc(Br)c1. The summed E-state index contributed by atoms with van der Waals surface area (Å²) in [5, 5.41) is 1.89. The summed E-state index contributed by atoms with van der Waals surface area (Å²) in [5.74, 6) is 0.567. The largest absolute Gasteiger partial charge is 0.493 e. The highest BCUT2D eigenvalue weighted by molar-refractivity contribution is 9.10. The zero-order valence-electron chi connectivity index (χ0n) is 10.4. The number of aromatic nitrogens is 1. The summed E-state index contributed by atoms with van der Waals surface area (Å²) in [7, 11) is 1.86. The third kappa shape index (κ3) is 4.33. The molecule has 4 nitrogen and oxygen atoms in total. The van der Waals surface area contributed by atoms with Crippen LogP contribution in [0.5, 0.6) is 5.75 Å². The molecule has 1 aromatic carbocycles. The summed E-state index contributed by atoms with van der Waals surface area (Å²) in [6.07, 6.45) is 2.14. The molecule has 0 bridgehead atoms. The van der Waals surface area contributed by atoms with Crippen molar-refractivity contribution in [2.45, 2.75) is 6.42 Å². The third-order valence-electron chi connectivity index (χ3n) is 2.36. The Balaban J connectivity index is 1.87. The molecule has 0 saturated carbocycles. The van der Waals surface area contributed by atoms with E-state index in [4.69, 9.17) is 4.74 Å². The van der Waals surface area contributed by atoms with Crippen molar-refractivity contribution >= 4 is 33.2 Å². The lowest BCUT2D eigenvalue weighted by Crippen LogP contribution is -2.14. The monoisotopic (exact) mass is 340 g/mol. The summed E-state index contributed by atoms with van der Waals surface area (Å²) in [5.41, 5.74) is 0. The molecular formula is C13H13BrN2O2S. The second-order valence-corrected chi connectivity index (χ2v) is 5.65. The van der Waals surface area contributed by atoms with E-state index in [-0.39, 0.29) is 12.3 Å². The van der Waals surface area contributed by atoms with Gasteiger partial charge in [0.05, 0.1) is 13.0 Å². The Bertz CT molecular complexity index is 633. The van der Waals surface area contributed by atoms with E-state index in [1.54, 1.807) is 0 Å². The number of rotatable bonds is 4. The van der Waals surface area contributed by atoms with E-state index >= 15 is 0 Å². The van der Waals surface area contributed by atoms with Crippen LogP contribution < -0.4 is 9.54 Å². The standard InChI is InChI=1S/C13H13BrN2O2S/c1-16-6-8-19-13(16)15-12(17)5-7-18-11-4-2-3-10(14)9-11/h2-4,6,8-9H,5,7H2,1H3. The number of hydrogen-bond donors (Lipinski definition) is 0. The number of hydrogen-bond acceptors (Lipinski definition) is 3. The average Bonchev–Trinajstić information content (AvgIpc) is 2.75. The number of carbonyl (C=O) groups excluding carboxylic acids is 1. The summed E-state index contributed by atoms with van der Waals surface area (Å²) < 4.78 is 8.26. The Kier molecular flexibility index (Phi) is 4.93. The molecule has 0 saturated heterocycles. The minimum Gasteiger partial charge on any atom is -0.493 e. The molecule has 0 aliphatic heterocycles. The highest BCUT2D eigenvalue weighted by atomic mass is 79.9. The second kappa shape index (κ2) is 6.68. The molecule has 2 rings (SSSR count). The maximum atomic E-state index is 11.7. The number of carbonyl (C=O) groups is 1. The number of amides is 1. The molecule has 1 aromatic heterocycles. The van der Waals surface area contributed by atoms with Gasteiger partial charge in [-0.05, 0) is 18.2 Å². The summed E-state index contributed by atoms with van der Waals surface area (Å²) >= 11 is 4.80. The van der Waals surface area contributed by atoms with Gasteiger partial charge in [0, 0.05) is 23.1 Å². The Hall–Kier alpha value is -1.40. The van der Waals surface area contributed by atoms with Crippen molar-refractivity contribution in [3.63, 3.8) is 0 Å². The minimum absolute atomic E-state index is 0.173. The number of ether oxygens (including phenoxy) is 1. The molecule has 100 valence electrons. The van der Waals surface area contributed by atoms with Crippen molar-refractivity contribution in [2.75, 3.05) is 6.61 Å². The molecule has 0 unspecified atom stereocenters. The number of halogens is 1. The third-order valence-corrected chi connectivity index (χ3v) is 3.70. The van der Waals surface area contributed by atoms with Gasteiger partial charge in [0.1, 0.15) is 5.75 Å². The lowest BCUT2D eigenvalue weighted by Gasteiger charge is -2.04. The van der Waals surface area contributed by atoms with Crippen molar-refractivity contribution in [1.82, 2.24) is 4.57 Å². The fourth-order valence-corrected chi connectivity index (χ4v) is 2.54. The number of benzene rings is 1. The molecule has 2 aromatic rings. The van der Waals surface area contributed by atoms with Gasteiger partial charge in [-0.3, -0.25) is 4.79 Å². The Labute approximate surface area is 123 Å². The van der Waals surface area contributed by atoms with Gasteiger partial charge in [-0.25, -0.2) is 0 Å². The molecular weight excluding hydrogens is 328 g/mol. The Morgan fingerprint density at radius 3 is 3.05 bits per heavy atom. The van der Waals surface area contributed by atoms with Crippen molar-refractivity contribution in [2.24, 2.45) is 12.0 Å². The second-order valence-electron chi connectivity index (χ2n) is 3.86. The summed E-state index contributed by atoms with van der Waals surface area (Å²) in [4.78, 5) is 16.4. The minimum atomic E-state index is -0.173. The van der Waals surface area contributed by atoms with Gasteiger partial charge in [0.15, 0.2) is 4.80 Å². The zero-order chi connectivity index (χ0) is 13.7. The first-order chi connectivity index (χ1) is 9.15. The maximum Gasteiger partial charge on any atom is 0.251 e. The quantitative estimate of drug-likeness (QED) is 0.858. The molecule has 0 radical (unpaired) electrons. The number of aryl methyl sites for hydroxylation is 1. The summed E-state index contributed by atoms with van der Waals surface area (Å²) in [6.45, 7) is 0.327. The van der Waals surface area contributed by atoms with E-state index in [0.29, 0.717) is 11.4 Å². The lowest BCUT2D eigenvalue weighted by atomic mass is 10.3. The molecule has 0 N–H and O–H groups in total. The van der Waals surface area contributed by atoms with Crippen LogP contribution in [0.4, 0.5) is 0 Å². The maximum absolute atomic E-state index is 11.7. The van der Waals surface area contributed by atoms with Gasteiger partial charge in [0.2, 0.25) is 0 Å². The van der Waals surface area contributed by atoms with Crippen molar-refractivity contribution in [3.05, 3.63) is 45.1 Å². The fraction of sp³-hybridized carbons (Fsp3) is 0.231. The first-order valence-corrected chi connectivity index (χ1v) is 7.38. The summed E-state index contributed by atoms with van der Waals surface area (Å²) in [6, 6.07) is 7.52. The molecule has 0 aliphatic rings. The van der Waals surface area contributed by atoms with Crippen LogP contribution in [0.3, 0.4) is 0 Å². The fourth-order valence-electron chi connectivity index (χ4n) is 1.41.